The molecular weight excluding hydrogens is 408 g/mol. The van der Waals surface area contributed by atoms with Gasteiger partial charge in [0.2, 0.25) is 11.8 Å². The van der Waals surface area contributed by atoms with E-state index in [1.165, 1.54) is 0 Å². The number of likely N-dealkylation sites (tertiary alicyclic amines) is 2. The van der Waals surface area contributed by atoms with Crippen LogP contribution in [-0.4, -0.2) is 69.4 Å². The SMILES string of the molecule is CC(=O)Cc1cccc(Oc2ccc3nc(NCN4CCC5(C4)CN(C)C5=O)cn3n2)c1. The van der Waals surface area contributed by atoms with E-state index in [1.807, 2.05) is 43.6 Å². The topological polar surface area (TPSA) is 92.1 Å². The third-order valence-corrected chi connectivity index (χ3v) is 6.13. The summed E-state index contributed by atoms with van der Waals surface area (Å²) in [5.41, 5.74) is 1.44. The summed E-state index contributed by atoms with van der Waals surface area (Å²) in [6.45, 7) is 4.74. The number of rotatable bonds is 7. The van der Waals surface area contributed by atoms with Gasteiger partial charge in [0.15, 0.2) is 5.65 Å². The largest absolute Gasteiger partial charge is 0.438 e. The predicted molar refractivity (Wildman–Crippen MR) is 119 cm³/mol. The van der Waals surface area contributed by atoms with Crippen LogP contribution in [-0.2, 0) is 16.0 Å². The van der Waals surface area contributed by atoms with Crippen LogP contribution in [0.1, 0.15) is 18.9 Å². The highest BCUT2D eigenvalue weighted by molar-refractivity contribution is 5.89. The number of amides is 1. The quantitative estimate of drug-likeness (QED) is 0.570. The molecule has 0 bridgehead atoms. The number of hydrogen-bond donors (Lipinski definition) is 1. The molecule has 1 N–H and O–H groups in total. The van der Waals surface area contributed by atoms with E-state index in [-0.39, 0.29) is 17.1 Å². The first kappa shape index (κ1) is 20.4. The summed E-state index contributed by atoms with van der Waals surface area (Å²) in [4.78, 5) is 32.1. The average Bonchev–Trinajstić information content (AvgIpc) is 3.37. The normalized spacial score (nSPS) is 20.7. The molecule has 0 aliphatic carbocycles. The second-order valence-corrected chi connectivity index (χ2v) is 8.81. The molecule has 2 fully saturated rings. The van der Waals surface area contributed by atoms with Crippen molar-refractivity contribution in [3.8, 4) is 11.6 Å². The van der Waals surface area contributed by atoms with Gasteiger partial charge in [0.25, 0.3) is 0 Å². The number of hydrogen-bond acceptors (Lipinski definition) is 7. The minimum absolute atomic E-state index is 0.107. The number of ether oxygens (including phenoxy) is 1. The third kappa shape index (κ3) is 3.91. The van der Waals surface area contributed by atoms with Crippen molar-refractivity contribution in [2.45, 2.75) is 19.8 Å². The number of carbonyl (C=O) groups is 2. The van der Waals surface area contributed by atoms with E-state index < -0.39 is 0 Å². The number of anilines is 1. The van der Waals surface area contributed by atoms with Crippen LogP contribution in [0.25, 0.3) is 5.65 Å². The molecule has 166 valence electrons. The first-order chi connectivity index (χ1) is 15.4. The van der Waals surface area contributed by atoms with Crippen molar-refractivity contribution in [3.63, 3.8) is 0 Å². The van der Waals surface area contributed by atoms with Gasteiger partial charge >= 0.3 is 0 Å². The molecule has 2 aromatic heterocycles. The van der Waals surface area contributed by atoms with Gasteiger partial charge in [-0.25, -0.2) is 9.50 Å². The van der Waals surface area contributed by atoms with Crippen molar-refractivity contribution in [3.05, 3.63) is 48.2 Å². The highest BCUT2D eigenvalue weighted by atomic mass is 16.5. The minimum Gasteiger partial charge on any atom is -0.438 e. The highest BCUT2D eigenvalue weighted by Crippen LogP contribution is 2.39. The maximum Gasteiger partial charge on any atom is 0.237 e. The van der Waals surface area contributed by atoms with E-state index in [4.69, 9.17) is 4.74 Å². The molecule has 0 saturated carbocycles. The Morgan fingerprint density at radius 1 is 1.25 bits per heavy atom. The first-order valence-corrected chi connectivity index (χ1v) is 10.7. The number of aromatic nitrogens is 3. The number of ketones is 1. The van der Waals surface area contributed by atoms with E-state index in [9.17, 15) is 9.59 Å². The maximum absolute atomic E-state index is 12.2. The lowest BCUT2D eigenvalue weighted by atomic mass is 9.78. The Labute approximate surface area is 186 Å². The van der Waals surface area contributed by atoms with Crippen molar-refractivity contribution in [1.82, 2.24) is 24.4 Å². The number of β-lactam (4-membered cyclic amide) rings is 1. The molecule has 2 aliphatic rings. The summed E-state index contributed by atoms with van der Waals surface area (Å²) in [5.74, 6) is 2.16. The van der Waals surface area contributed by atoms with Crippen LogP contribution in [0, 0.1) is 5.41 Å². The molecule has 5 rings (SSSR count). The molecule has 1 unspecified atom stereocenters. The number of fused-ring (bicyclic) bond motifs is 1. The Hall–Kier alpha value is -3.46. The average molecular weight is 435 g/mol. The van der Waals surface area contributed by atoms with Crippen LogP contribution >= 0.6 is 0 Å². The predicted octanol–water partition coefficient (Wildman–Crippen LogP) is 2.19. The molecule has 4 heterocycles. The summed E-state index contributed by atoms with van der Waals surface area (Å²) < 4.78 is 7.56. The second-order valence-electron chi connectivity index (χ2n) is 8.81. The van der Waals surface area contributed by atoms with Crippen LogP contribution in [0.15, 0.2) is 42.6 Å². The Balaban J connectivity index is 1.22. The molecule has 0 radical (unpaired) electrons. The van der Waals surface area contributed by atoms with Crippen LogP contribution in [0.4, 0.5) is 5.82 Å². The van der Waals surface area contributed by atoms with E-state index >= 15 is 0 Å². The summed E-state index contributed by atoms with van der Waals surface area (Å²) >= 11 is 0. The van der Waals surface area contributed by atoms with Gasteiger partial charge in [0.05, 0.1) is 18.3 Å². The molecule has 9 nitrogen and oxygen atoms in total. The standard InChI is InChI=1S/C23H26N6O3/c1-16(30)10-17-4-3-5-18(11-17)32-21-7-6-20-25-19(12-29(20)26-21)24-15-28-9-8-23(14-28)13-27(2)22(23)31/h3-7,11-12,24H,8-10,13-15H2,1-2H3. The zero-order chi connectivity index (χ0) is 22.3. The first-order valence-electron chi connectivity index (χ1n) is 10.7. The summed E-state index contributed by atoms with van der Waals surface area (Å²) in [7, 11) is 1.86. The van der Waals surface area contributed by atoms with Crippen molar-refractivity contribution >= 4 is 23.2 Å². The van der Waals surface area contributed by atoms with Gasteiger partial charge in [0.1, 0.15) is 17.4 Å². The minimum atomic E-state index is -0.176. The fourth-order valence-electron chi connectivity index (χ4n) is 4.63. The van der Waals surface area contributed by atoms with Gasteiger partial charge in [-0.3, -0.25) is 14.5 Å². The molecule has 1 spiro atoms. The second kappa shape index (κ2) is 7.90. The highest BCUT2D eigenvalue weighted by Gasteiger charge is 2.53. The monoisotopic (exact) mass is 434 g/mol. The summed E-state index contributed by atoms with van der Waals surface area (Å²) in [6.07, 6.45) is 3.12. The smallest absolute Gasteiger partial charge is 0.237 e. The van der Waals surface area contributed by atoms with E-state index in [0.717, 1.165) is 37.4 Å². The fourth-order valence-corrected chi connectivity index (χ4v) is 4.63. The zero-order valence-electron chi connectivity index (χ0n) is 18.2. The molecule has 1 atom stereocenters. The van der Waals surface area contributed by atoms with Gasteiger partial charge in [-0.05, 0) is 37.1 Å². The fraction of sp³-hybridized carbons (Fsp3) is 0.391. The number of nitrogens with one attached hydrogen (secondary N) is 1. The number of benzene rings is 1. The van der Waals surface area contributed by atoms with Crippen LogP contribution in [0.3, 0.4) is 0 Å². The molecule has 3 aromatic rings. The van der Waals surface area contributed by atoms with E-state index in [1.54, 1.807) is 22.4 Å². The zero-order valence-corrected chi connectivity index (χ0v) is 18.2. The Bertz CT molecular complexity index is 1190. The van der Waals surface area contributed by atoms with Crippen LogP contribution in [0.5, 0.6) is 11.6 Å². The van der Waals surface area contributed by atoms with Gasteiger partial charge in [0, 0.05) is 39.2 Å². The maximum atomic E-state index is 12.2. The Kier molecular flexibility index (Phi) is 5.05. The van der Waals surface area contributed by atoms with Crippen molar-refractivity contribution in [2.24, 2.45) is 5.41 Å². The van der Waals surface area contributed by atoms with Crippen molar-refractivity contribution < 1.29 is 14.3 Å². The lowest BCUT2D eigenvalue weighted by Crippen LogP contribution is -2.60. The van der Waals surface area contributed by atoms with Crippen LogP contribution in [0.2, 0.25) is 0 Å². The van der Waals surface area contributed by atoms with Gasteiger partial charge in [-0.1, -0.05) is 12.1 Å². The number of Topliss-reactive ketones (excluding diaryl/α,β-unsaturated/α-hetero) is 1. The number of carbonyl (C=O) groups excluding carboxylic acids is 2. The van der Waals surface area contributed by atoms with Gasteiger partial charge in [-0.15, -0.1) is 5.10 Å². The molecule has 32 heavy (non-hydrogen) atoms. The third-order valence-electron chi connectivity index (χ3n) is 6.13. The summed E-state index contributed by atoms with van der Waals surface area (Å²) in [6, 6.07) is 11.1. The molecule has 1 aromatic carbocycles. The van der Waals surface area contributed by atoms with E-state index in [0.29, 0.717) is 30.4 Å². The number of nitrogens with zero attached hydrogens (tertiary/aromatic N) is 5. The van der Waals surface area contributed by atoms with Crippen LogP contribution < -0.4 is 10.1 Å². The summed E-state index contributed by atoms with van der Waals surface area (Å²) in [5, 5.41) is 7.83. The van der Waals surface area contributed by atoms with Gasteiger partial charge < -0.3 is 15.0 Å². The Morgan fingerprint density at radius 3 is 2.91 bits per heavy atom. The lowest BCUT2D eigenvalue weighted by molar-refractivity contribution is -0.156. The number of imidazole rings is 1. The molecule has 2 aliphatic heterocycles. The molecule has 9 heteroatoms. The van der Waals surface area contributed by atoms with Crippen molar-refractivity contribution in [2.75, 3.05) is 38.7 Å². The molecular formula is C23H26N6O3. The van der Waals surface area contributed by atoms with E-state index in [2.05, 4.69) is 20.3 Å². The lowest BCUT2D eigenvalue weighted by Gasteiger charge is -2.44. The molecule has 2 saturated heterocycles. The van der Waals surface area contributed by atoms with Gasteiger partial charge in [-0.2, -0.15) is 0 Å². The Morgan fingerprint density at radius 2 is 2.12 bits per heavy atom. The molecule has 1 amide bonds. The van der Waals surface area contributed by atoms with Crippen molar-refractivity contribution in [1.29, 1.82) is 0 Å².